The van der Waals surface area contributed by atoms with Gasteiger partial charge in [-0.05, 0) is 45.2 Å². The Morgan fingerprint density at radius 1 is 1.32 bits per heavy atom. The number of amides is 1. The van der Waals surface area contributed by atoms with E-state index in [-0.39, 0.29) is 6.42 Å². The number of alkyl carbamates (subject to hydrolysis) is 1. The lowest BCUT2D eigenvalue weighted by atomic mass is 10.1. The van der Waals surface area contributed by atoms with Crippen molar-refractivity contribution in [3.8, 4) is 0 Å². The Labute approximate surface area is 139 Å². The zero-order chi connectivity index (χ0) is 16.9. The molecule has 0 aliphatic heterocycles. The van der Waals surface area contributed by atoms with Crippen LogP contribution in [0.5, 0.6) is 0 Å². The van der Waals surface area contributed by atoms with Crippen molar-refractivity contribution >= 4 is 35.3 Å². The van der Waals surface area contributed by atoms with E-state index in [4.69, 9.17) is 27.9 Å². The normalized spacial score (nSPS) is 12.6. The Morgan fingerprint density at radius 3 is 2.50 bits per heavy atom. The lowest BCUT2D eigenvalue weighted by molar-refractivity contribution is -0.139. The molecule has 0 fully saturated rings. The molecule has 0 saturated carbocycles. The van der Waals surface area contributed by atoms with E-state index < -0.39 is 23.7 Å². The summed E-state index contributed by atoms with van der Waals surface area (Å²) in [6, 6.07) is 4.09. The van der Waals surface area contributed by atoms with Gasteiger partial charge in [0.05, 0.1) is 10.0 Å². The summed E-state index contributed by atoms with van der Waals surface area (Å²) in [7, 11) is 0. The third kappa shape index (κ3) is 6.12. The van der Waals surface area contributed by atoms with E-state index in [1.54, 1.807) is 39.0 Å². The van der Waals surface area contributed by atoms with E-state index in [1.165, 1.54) is 0 Å². The number of carboxylic acid groups (broad SMARTS) is 1. The third-order valence-corrected chi connectivity index (χ3v) is 3.58. The fraction of sp³-hybridized carbons (Fsp3) is 0.467. The Bertz CT molecular complexity index is 555. The number of rotatable bonds is 5. The van der Waals surface area contributed by atoms with Gasteiger partial charge in [0.25, 0.3) is 0 Å². The maximum atomic E-state index is 11.7. The van der Waals surface area contributed by atoms with Crippen LogP contribution in [0.25, 0.3) is 0 Å². The molecule has 7 heteroatoms. The minimum absolute atomic E-state index is 0.175. The lowest BCUT2D eigenvalue weighted by Gasteiger charge is -2.22. The minimum atomic E-state index is -1.14. The number of benzene rings is 1. The van der Waals surface area contributed by atoms with Gasteiger partial charge < -0.3 is 15.2 Å². The SMILES string of the molecule is CC(C)(C)OC(=O)N[C@H](CCc1cccc(Cl)c1Cl)C(=O)O. The van der Waals surface area contributed by atoms with Gasteiger partial charge in [-0.3, -0.25) is 0 Å². The molecule has 1 aromatic carbocycles. The van der Waals surface area contributed by atoms with Crippen LogP contribution in [0.15, 0.2) is 18.2 Å². The quantitative estimate of drug-likeness (QED) is 0.846. The van der Waals surface area contributed by atoms with Crippen LogP contribution >= 0.6 is 23.2 Å². The van der Waals surface area contributed by atoms with Crippen molar-refractivity contribution in [3.63, 3.8) is 0 Å². The summed E-state index contributed by atoms with van der Waals surface area (Å²) in [6.45, 7) is 5.11. The number of halogens is 2. The number of hydrogen-bond donors (Lipinski definition) is 2. The smallest absolute Gasteiger partial charge is 0.408 e. The first kappa shape index (κ1) is 18.6. The van der Waals surface area contributed by atoms with Crippen LogP contribution in [0.3, 0.4) is 0 Å². The fourth-order valence-electron chi connectivity index (χ4n) is 1.75. The maximum absolute atomic E-state index is 11.7. The van der Waals surface area contributed by atoms with Crippen molar-refractivity contribution in [3.05, 3.63) is 33.8 Å². The second-order valence-electron chi connectivity index (χ2n) is 5.79. The average Bonchev–Trinajstić information content (AvgIpc) is 2.36. The van der Waals surface area contributed by atoms with E-state index in [0.29, 0.717) is 16.5 Å². The van der Waals surface area contributed by atoms with Gasteiger partial charge >= 0.3 is 12.1 Å². The number of aliphatic carboxylic acids is 1. The van der Waals surface area contributed by atoms with Crippen molar-refractivity contribution in [1.82, 2.24) is 5.32 Å². The highest BCUT2D eigenvalue weighted by Gasteiger charge is 2.24. The molecule has 22 heavy (non-hydrogen) atoms. The van der Waals surface area contributed by atoms with Crippen LogP contribution in [-0.4, -0.2) is 28.8 Å². The standard InChI is InChI=1S/C15H19Cl2NO4/c1-15(2,3)22-14(21)18-11(13(19)20)8-7-9-5-4-6-10(16)12(9)17/h4-6,11H,7-8H2,1-3H3,(H,18,21)(H,19,20)/t11-/m1/s1. The molecule has 122 valence electrons. The summed E-state index contributed by atoms with van der Waals surface area (Å²) in [4.78, 5) is 22.9. The van der Waals surface area contributed by atoms with Crippen molar-refractivity contribution < 1.29 is 19.4 Å². The van der Waals surface area contributed by atoms with Crippen molar-refractivity contribution in [1.29, 1.82) is 0 Å². The number of hydrogen-bond acceptors (Lipinski definition) is 3. The Morgan fingerprint density at radius 2 is 1.95 bits per heavy atom. The van der Waals surface area contributed by atoms with E-state index in [9.17, 15) is 14.7 Å². The third-order valence-electron chi connectivity index (χ3n) is 2.72. The molecule has 2 N–H and O–H groups in total. The highest BCUT2D eigenvalue weighted by atomic mass is 35.5. The number of carbonyl (C=O) groups excluding carboxylic acids is 1. The van der Waals surface area contributed by atoms with Gasteiger partial charge in [0.1, 0.15) is 11.6 Å². The monoisotopic (exact) mass is 347 g/mol. The van der Waals surface area contributed by atoms with Crippen molar-refractivity contribution in [2.24, 2.45) is 0 Å². The molecular formula is C15H19Cl2NO4. The molecule has 1 amide bonds. The molecule has 5 nitrogen and oxygen atoms in total. The van der Waals surface area contributed by atoms with Gasteiger partial charge in [-0.1, -0.05) is 35.3 Å². The molecule has 0 aliphatic carbocycles. The van der Waals surface area contributed by atoms with Gasteiger partial charge in [0.2, 0.25) is 0 Å². The molecule has 0 unspecified atom stereocenters. The lowest BCUT2D eigenvalue weighted by Crippen LogP contribution is -2.43. The van der Waals surface area contributed by atoms with Crippen molar-refractivity contribution in [2.45, 2.75) is 45.3 Å². The Hall–Kier alpha value is -1.46. The van der Waals surface area contributed by atoms with Crippen LogP contribution in [0.4, 0.5) is 4.79 Å². The van der Waals surface area contributed by atoms with E-state index in [1.807, 2.05) is 0 Å². The highest BCUT2D eigenvalue weighted by Crippen LogP contribution is 2.26. The number of aryl methyl sites for hydroxylation is 1. The van der Waals surface area contributed by atoms with Gasteiger partial charge in [0, 0.05) is 0 Å². The van der Waals surface area contributed by atoms with Crippen LogP contribution in [0, 0.1) is 0 Å². The summed E-state index contributed by atoms with van der Waals surface area (Å²) in [5, 5.41) is 12.3. The van der Waals surface area contributed by atoms with Crippen LogP contribution < -0.4 is 5.32 Å². The second kappa shape index (κ2) is 7.70. The Balaban J connectivity index is 2.67. The average molecular weight is 348 g/mol. The largest absolute Gasteiger partial charge is 0.480 e. The molecule has 0 aliphatic rings. The molecule has 1 rings (SSSR count). The van der Waals surface area contributed by atoms with E-state index >= 15 is 0 Å². The first-order valence-corrected chi connectivity index (χ1v) is 7.51. The summed E-state index contributed by atoms with van der Waals surface area (Å²) in [5.74, 6) is -1.14. The number of ether oxygens (including phenoxy) is 1. The Kier molecular flexibility index (Phi) is 6.50. The first-order chi connectivity index (χ1) is 10.1. The van der Waals surface area contributed by atoms with Gasteiger partial charge in [0.15, 0.2) is 0 Å². The summed E-state index contributed by atoms with van der Waals surface area (Å²) in [6.07, 6.45) is -0.224. The predicted molar refractivity (Wildman–Crippen MR) is 85.6 cm³/mol. The van der Waals surface area contributed by atoms with Crippen LogP contribution in [0.1, 0.15) is 32.8 Å². The van der Waals surface area contributed by atoms with Gasteiger partial charge in [-0.25, -0.2) is 9.59 Å². The summed E-state index contributed by atoms with van der Waals surface area (Å²) in [5.41, 5.74) is 0.0371. The zero-order valence-corrected chi connectivity index (χ0v) is 14.2. The molecule has 1 aromatic rings. The molecule has 0 saturated heterocycles. The zero-order valence-electron chi connectivity index (χ0n) is 12.7. The molecule has 0 spiro atoms. The molecule has 0 heterocycles. The van der Waals surface area contributed by atoms with E-state index in [0.717, 1.165) is 5.56 Å². The van der Waals surface area contributed by atoms with Crippen molar-refractivity contribution in [2.75, 3.05) is 0 Å². The van der Waals surface area contributed by atoms with Crippen LogP contribution in [0.2, 0.25) is 10.0 Å². The number of carboxylic acids is 1. The molecular weight excluding hydrogens is 329 g/mol. The fourth-order valence-corrected chi connectivity index (χ4v) is 2.16. The molecule has 0 aromatic heterocycles. The number of carbonyl (C=O) groups is 2. The van der Waals surface area contributed by atoms with Crippen LogP contribution in [-0.2, 0) is 16.0 Å². The number of nitrogens with one attached hydrogen (secondary N) is 1. The summed E-state index contributed by atoms with van der Waals surface area (Å²) >= 11 is 12.0. The summed E-state index contributed by atoms with van der Waals surface area (Å²) < 4.78 is 5.05. The predicted octanol–water partition coefficient (Wildman–Crippen LogP) is 3.90. The van der Waals surface area contributed by atoms with Gasteiger partial charge in [-0.2, -0.15) is 0 Å². The maximum Gasteiger partial charge on any atom is 0.408 e. The first-order valence-electron chi connectivity index (χ1n) is 6.75. The van der Waals surface area contributed by atoms with Gasteiger partial charge in [-0.15, -0.1) is 0 Å². The second-order valence-corrected chi connectivity index (χ2v) is 6.57. The topological polar surface area (TPSA) is 75.6 Å². The highest BCUT2D eigenvalue weighted by molar-refractivity contribution is 6.42. The molecule has 0 radical (unpaired) electrons. The molecule has 0 bridgehead atoms. The minimum Gasteiger partial charge on any atom is -0.480 e. The van der Waals surface area contributed by atoms with E-state index in [2.05, 4.69) is 5.32 Å². The molecule has 1 atom stereocenters.